The first-order valence-electron chi connectivity index (χ1n) is 9.84. The number of nitrogens with zero attached hydrogens (tertiary/aromatic N) is 3. The molecule has 2 aromatic carbocycles. The molecule has 1 unspecified atom stereocenters. The highest BCUT2D eigenvalue weighted by Gasteiger charge is 2.43. The number of aromatic nitrogens is 1. The molecule has 1 fully saturated rings. The van der Waals surface area contributed by atoms with Crippen LogP contribution in [0, 0.1) is 0 Å². The Morgan fingerprint density at radius 1 is 1.03 bits per heavy atom. The van der Waals surface area contributed by atoms with Gasteiger partial charge in [0.2, 0.25) is 0 Å². The standard InChI is InChI=1S/C23H17ClF3N3O2S/c1-14-21(31)30(16-6-8-17(9-7-16)33-23(25,26)27)22(32)29(14)13-15-10-11-28-12-19(15)18-4-2-3-5-20(18)24/h2-12,14H,13H2,1H3. The van der Waals surface area contributed by atoms with Gasteiger partial charge in [-0.25, -0.2) is 9.69 Å². The Kier molecular flexibility index (Phi) is 6.36. The van der Waals surface area contributed by atoms with Crippen LogP contribution >= 0.6 is 23.4 Å². The highest BCUT2D eigenvalue weighted by atomic mass is 35.5. The lowest BCUT2D eigenvalue weighted by Crippen LogP contribution is -2.33. The summed E-state index contributed by atoms with van der Waals surface area (Å²) in [6.45, 7) is 1.75. The van der Waals surface area contributed by atoms with Crippen LogP contribution < -0.4 is 4.90 Å². The van der Waals surface area contributed by atoms with Crippen LogP contribution in [0.2, 0.25) is 5.02 Å². The first-order valence-corrected chi connectivity index (χ1v) is 11.0. The fourth-order valence-corrected chi connectivity index (χ4v) is 4.39. The Labute approximate surface area is 197 Å². The number of pyridine rings is 1. The minimum Gasteiger partial charge on any atom is -0.308 e. The van der Waals surface area contributed by atoms with Crippen LogP contribution in [0.4, 0.5) is 23.7 Å². The first-order chi connectivity index (χ1) is 15.7. The number of thioether (sulfide) groups is 1. The number of halogens is 4. The smallest absolute Gasteiger partial charge is 0.308 e. The van der Waals surface area contributed by atoms with Crippen LogP contribution in [0.15, 0.2) is 71.9 Å². The molecule has 1 aromatic heterocycles. The zero-order chi connectivity index (χ0) is 23.8. The van der Waals surface area contributed by atoms with E-state index >= 15 is 0 Å². The summed E-state index contributed by atoms with van der Waals surface area (Å²) in [5.41, 5.74) is -1.96. The van der Waals surface area contributed by atoms with E-state index in [-0.39, 0.29) is 28.9 Å². The number of amides is 3. The van der Waals surface area contributed by atoms with Gasteiger partial charge in [0, 0.05) is 40.0 Å². The molecule has 1 atom stereocenters. The van der Waals surface area contributed by atoms with Gasteiger partial charge in [0.1, 0.15) is 6.04 Å². The molecule has 1 aliphatic rings. The van der Waals surface area contributed by atoms with Crippen LogP contribution in [0.3, 0.4) is 0 Å². The second kappa shape index (κ2) is 9.07. The molecule has 5 nitrogen and oxygen atoms in total. The van der Waals surface area contributed by atoms with Crippen molar-refractivity contribution in [2.24, 2.45) is 0 Å². The van der Waals surface area contributed by atoms with Gasteiger partial charge in [-0.15, -0.1) is 0 Å². The third-order valence-electron chi connectivity index (χ3n) is 5.23. The van der Waals surface area contributed by atoms with Gasteiger partial charge in [0.05, 0.1) is 5.69 Å². The molecule has 1 saturated heterocycles. The van der Waals surface area contributed by atoms with Gasteiger partial charge in [0.25, 0.3) is 5.91 Å². The Balaban J connectivity index is 1.60. The summed E-state index contributed by atoms with van der Waals surface area (Å²) in [4.78, 5) is 32.6. The van der Waals surface area contributed by atoms with E-state index in [2.05, 4.69) is 4.98 Å². The van der Waals surface area contributed by atoms with E-state index in [4.69, 9.17) is 11.6 Å². The van der Waals surface area contributed by atoms with E-state index in [9.17, 15) is 22.8 Å². The van der Waals surface area contributed by atoms with Crippen LogP contribution in [0.25, 0.3) is 11.1 Å². The third kappa shape index (κ3) is 4.84. The molecule has 4 rings (SSSR count). The van der Waals surface area contributed by atoms with Crippen molar-refractivity contribution in [3.8, 4) is 11.1 Å². The van der Waals surface area contributed by atoms with Crippen molar-refractivity contribution in [1.82, 2.24) is 9.88 Å². The Hall–Kier alpha value is -3.04. The Morgan fingerprint density at radius 3 is 2.39 bits per heavy atom. The maximum absolute atomic E-state index is 13.2. The second-order valence-corrected chi connectivity index (χ2v) is 8.86. The van der Waals surface area contributed by atoms with Crippen molar-refractivity contribution < 1.29 is 22.8 Å². The molecule has 0 radical (unpaired) electrons. The molecular formula is C23H17ClF3N3O2S. The zero-order valence-electron chi connectivity index (χ0n) is 17.2. The second-order valence-electron chi connectivity index (χ2n) is 7.31. The summed E-state index contributed by atoms with van der Waals surface area (Å²) in [7, 11) is 0. The zero-order valence-corrected chi connectivity index (χ0v) is 18.8. The molecule has 0 bridgehead atoms. The number of carbonyl (C=O) groups excluding carboxylic acids is 2. The molecule has 170 valence electrons. The lowest BCUT2D eigenvalue weighted by Gasteiger charge is -2.21. The van der Waals surface area contributed by atoms with Crippen LogP contribution in [-0.2, 0) is 11.3 Å². The molecule has 3 amide bonds. The summed E-state index contributed by atoms with van der Waals surface area (Å²) >= 11 is 6.08. The number of rotatable bonds is 5. The minimum absolute atomic E-state index is 0.0311. The first kappa shape index (κ1) is 23.1. The normalized spacial score (nSPS) is 16.6. The third-order valence-corrected chi connectivity index (χ3v) is 6.30. The Bertz CT molecular complexity index is 1200. The van der Waals surface area contributed by atoms with E-state index in [0.29, 0.717) is 5.02 Å². The van der Waals surface area contributed by atoms with Gasteiger partial charge in [-0.1, -0.05) is 29.8 Å². The van der Waals surface area contributed by atoms with E-state index < -0.39 is 23.5 Å². The van der Waals surface area contributed by atoms with Crippen molar-refractivity contribution in [1.29, 1.82) is 0 Å². The number of alkyl halides is 3. The van der Waals surface area contributed by atoms with Crippen molar-refractivity contribution in [2.75, 3.05) is 4.90 Å². The summed E-state index contributed by atoms with van der Waals surface area (Å²) in [6.07, 6.45) is 3.25. The molecule has 33 heavy (non-hydrogen) atoms. The van der Waals surface area contributed by atoms with Gasteiger partial charge < -0.3 is 4.90 Å². The molecule has 0 aliphatic carbocycles. The molecule has 2 heterocycles. The van der Waals surface area contributed by atoms with Crippen LogP contribution in [0.5, 0.6) is 0 Å². The fraction of sp³-hybridized carbons (Fsp3) is 0.174. The van der Waals surface area contributed by atoms with Gasteiger partial charge >= 0.3 is 11.5 Å². The quantitative estimate of drug-likeness (QED) is 0.307. The maximum atomic E-state index is 13.2. The predicted molar refractivity (Wildman–Crippen MR) is 121 cm³/mol. The monoisotopic (exact) mass is 491 g/mol. The number of anilines is 1. The van der Waals surface area contributed by atoms with Crippen LogP contribution in [-0.4, -0.2) is 33.4 Å². The predicted octanol–water partition coefficient (Wildman–Crippen LogP) is 6.37. The molecule has 10 heteroatoms. The van der Waals surface area contributed by atoms with E-state index in [1.165, 1.54) is 29.2 Å². The van der Waals surface area contributed by atoms with Crippen molar-refractivity contribution in [3.05, 3.63) is 77.6 Å². The average Bonchev–Trinajstić information content (AvgIpc) is 2.97. The average molecular weight is 492 g/mol. The number of benzene rings is 2. The fourth-order valence-electron chi connectivity index (χ4n) is 3.61. The number of hydrogen-bond donors (Lipinski definition) is 0. The highest BCUT2D eigenvalue weighted by Crippen LogP contribution is 2.38. The summed E-state index contributed by atoms with van der Waals surface area (Å²) in [5.74, 6) is -0.454. The summed E-state index contributed by atoms with van der Waals surface area (Å²) < 4.78 is 37.7. The molecular weight excluding hydrogens is 475 g/mol. The van der Waals surface area contributed by atoms with E-state index in [1.807, 2.05) is 18.2 Å². The van der Waals surface area contributed by atoms with Gasteiger partial charge in [-0.05, 0) is 60.6 Å². The number of imide groups is 1. The lowest BCUT2D eigenvalue weighted by molar-refractivity contribution is -0.119. The van der Waals surface area contributed by atoms with Gasteiger partial charge in [0.15, 0.2) is 0 Å². The molecule has 0 N–H and O–H groups in total. The molecule has 0 saturated carbocycles. The number of urea groups is 1. The van der Waals surface area contributed by atoms with Gasteiger partial charge in [-0.3, -0.25) is 9.78 Å². The van der Waals surface area contributed by atoms with Crippen LogP contribution in [0.1, 0.15) is 12.5 Å². The highest BCUT2D eigenvalue weighted by molar-refractivity contribution is 8.00. The molecule has 1 aliphatic heterocycles. The topological polar surface area (TPSA) is 53.5 Å². The summed E-state index contributed by atoms with van der Waals surface area (Å²) in [6, 6.07) is 12.8. The number of hydrogen-bond acceptors (Lipinski definition) is 4. The maximum Gasteiger partial charge on any atom is 0.446 e. The Morgan fingerprint density at radius 2 is 1.73 bits per heavy atom. The molecule has 0 spiro atoms. The lowest BCUT2D eigenvalue weighted by atomic mass is 10.0. The van der Waals surface area contributed by atoms with E-state index in [1.54, 1.807) is 31.5 Å². The minimum atomic E-state index is -4.42. The van der Waals surface area contributed by atoms with Crippen molar-refractivity contribution in [3.63, 3.8) is 0 Å². The van der Waals surface area contributed by atoms with Gasteiger partial charge in [-0.2, -0.15) is 13.2 Å². The van der Waals surface area contributed by atoms with Crippen molar-refractivity contribution >= 4 is 41.0 Å². The van der Waals surface area contributed by atoms with E-state index in [0.717, 1.165) is 21.6 Å². The van der Waals surface area contributed by atoms with Crippen molar-refractivity contribution in [2.45, 2.75) is 29.9 Å². The summed E-state index contributed by atoms with van der Waals surface area (Å²) in [5, 5.41) is 0.530. The SMILES string of the molecule is CC1C(=O)N(c2ccc(SC(F)(F)F)cc2)C(=O)N1Cc1ccncc1-c1ccccc1Cl. The molecule has 3 aromatic rings. The number of carbonyl (C=O) groups is 2. The largest absolute Gasteiger partial charge is 0.446 e.